The van der Waals surface area contributed by atoms with E-state index in [1.165, 1.54) is 7.11 Å². The minimum Gasteiger partial charge on any atom is -0.465 e. The van der Waals surface area contributed by atoms with E-state index in [1.807, 2.05) is 67.6 Å². The molecule has 3 aromatic carbocycles. The number of ether oxygens (including phenoxy) is 1. The number of hydrogen-bond donors (Lipinski definition) is 2. The number of carbonyl (C=O) groups is 2. The Morgan fingerprint density at radius 3 is 2.31 bits per heavy atom. The Balaban J connectivity index is 1.87. The van der Waals surface area contributed by atoms with Crippen LogP contribution in [0.5, 0.6) is 0 Å². The summed E-state index contributed by atoms with van der Waals surface area (Å²) in [5.41, 5.74) is 6.04. The van der Waals surface area contributed by atoms with E-state index in [2.05, 4.69) is 15.6 Å². The largest absolute Gasteiger partial charge is 0.465 e. The van der Waals surface area contributed by atoms with Gasteiger partial charge in [-0.2, -0.15) is 0 Å². The molecule has 4 rings (SSSR count). The molecule has 160 valence electrons. The van der Waals surface area contributed by atoms with Crippen molar-refractivity contribution in [2.45, 2.75) is 6.92 Å². The number of aryl methyl sites for hydroxylation is 1. The number of rotatable bonds is 5. The fourth-order valence-corrected chi connectivity index (χ4v) is 3.66. The van der Waals surface area contributed by atoms with Crippen molar-refractivity contribution in [3.8, 4) is 11.1 Å². The lowest BCUT2D eigenvalue weighted by molar-refractivity contribution is 0.0599. The van der Waals surface area contributed by atoms with Crippen LogP contribution in [0.2, 0.25) is 0 Å². The summed E-state index contributed by atoms with van der Waals surface area (Å²) in [4.78, 5) is 29.0. The van der Waals surface area contributed by atoms with Crippen molar-refractivity contribution in [2.75, 3.05) is 19.5 Å². The third-order valence-corrected chi connectivity index (χ3v) is 5.35. The SMILES string of the molecule is CNC(=O)c1cnc2ccc(-c3ccc(C(=O)OC)c(C)c3)cc2c1Nc1ccccc1. The summed E-state index contributed by atoms with van der Waals surface area (Å²) in [6.07, 6.45) is 1.58. The molecular formula is C26H23N3O3. The van der Waals surface area contributed by atoms with Gasteiger partial charge in [0, 0.05) is 24.3 Å². The van der Waals surface area contributed by atoms with Gasteiger partial charge in [-0.25, -0.2) is 4.79 Å². The first kappa shape index (κ1) is 21.1. The van der Waals surface area contributed by atoms with Crippen molar-refractivity contribution in [2.24, 2.45) is 0 Å². The highest BCUT2D eigenvalue weighted by Crippen LogP contribution is 2.33. The van der Waals surface area contributed by atoms with Crippen molar-refractivity contribution in [3.05, 3.63) is 89.6 Å². The van der Waals surface area contributed by atoms with Gasteiger partial charge in [-0.1, -0.05) is 36.4 Å². The Kier molecular flexibility index (Phi) is 5.85. The van der Waals surface area contributed by atoms with Crippen LogP contribution in [0.4, 0.5) is 11.4 Å². The zero-order valence-corrected chi connectivity index (χ0v) is 18.1. The molecule has 1 amide bonds. The Morgan fingerprint density at radius 2 is 1.62 bits per heavy atom. The van der Waals surface area contributed by atoms with Crippen molar-refractivity contribution in [1.29, 1.82) is 0 Å². The number of nitrogens with zero attached hydrogens (tertiary/aromatic N) is 1. The molecule has 32 heavy (non-hydrogen) atoms. The van der Waals surface area contributed by atoms with Gasteiger partial charge in [0.1, 0.15) is 0 Å². The van der Waals surface area contributed by atoms with Crippen LogP contribution in [-0.4, -0.2) is 31.0 Å². The van der Waals surface area contributed by atoms with Gasteiger partial charge in [0.05, 0.1) is 29.4 Å². The van der Waals surface area contributed by atoms with Crippen LogP contribution in [0.25, 0.3) is 22.0 Å². The fraction of sp³-hybridized carbons (Fsp3) is 0.115. The van der Waals surface area contributed by atoms with Crippen molar-refractivity contribution in [1.82, 2.24) is 10.3 Å². The van der Waals surface area contributed by atoms with Crippen molar-refractivity contribution < 1.29 is 14.3 Å². The van der Waals surface area contributed by atoms with Crippen molar-refractivity contribution >= 4 is 34.2 Å². The summed E-state index contributed by atoms with van der Waals surface area (Å²) in [5.74, 6) is -0.581. The summed E-state index contributed by atoms with van der Waals surface area (Å²) in [6, 6.07) is 21.2. The van der Waals surface area contributed by atoms with E-state index in [-0.39, 0.29) is 11.9 Å². The van der Waals surface area contributed by atoms with Crippen LogP contribution in [0.3, 0.4) is 0 Å². The number of amides is 1. The molecule has 4 aromatic rings. The number of pyridine rings is 1. The molecule has 1 aromatic heterocycles. The molecule has 0 unspecified atom stereocenters. The summed E-state index contributed by atoms with van der Waals surface area (Å²) in [7, 11) is 2.97. The maximum absolute atomic E-state index is 12.6. The molecule has 0 aliphatic heterocycles. The smallest absolute Gasteiger partial charge is 0.338 e. The van der Waals surface area contributed by atoms with Crippen LogP contribution >= 0.6 is 0 Å². The molecule has 6 nitrogen and oxygen atoms in total. The third kappa shape index (κ3) is 4.03. The number of benzene rings is 3. The molecule has 0 saturated carbocycles. The monoisotopic (exact) mass is 425 g/mol. The number of anilines is 2. The highest BCUT2D eigenvalue weighted by Gasteiger charge is 2.16. The lowest BCUT2D eigenvalue weighted by Crippen LogP contribution is -2.19. The number of methoxy groups -OCH3 is 1. The van der Waals surface area contributed by atoms with Gasteiger partial charge in [-0.05, 0) is 53.9 Å². The maximum Gasteiger partial charge on any atom is 0.338 e. The summed E-state index contributed by atoms with van der Waals surface area (Å²) < 4.78 is 4.85. The molecular weight excluding hydrogens is 402 g/mol. The Morgan fingerprint density at radius 1 is 0.906 bits per heavy atom. The van der Waals surface area contributed by atoms with Gasteiger partial charge in [0.15, 0.2) is 0 Å². The molecule has 0 spiro atoms. The first-order chi connectivity index (χ1) is 15.5. The van der Waals surface area contributed by atoms with E-state index in [1.54, 1.807) is 19.3 Å². The van der Waals surface area contributed by atoms with Crippen LogP contribution in [-0.2, 0) is 4.74 Å². The first-order valence-electron chi connectivity index (χ1n) is 10.2. The number of carbonyl (C=O) groups excluding carboxylic acids is 2. The number of hydrogen-bond acceptors (Lipinski definition) is 5. The minimum absolute atomic E-state index is 0.221. The summed E-state index contributed by atoms with van der Waals surface area (Å²) in [6.45, 7) is 1.88. The van der Waals surface area contributed by atoms with Crippen LogP contribution in [0, 0.1) is 6.92 Å². The van der Waals surface area contributed by atoms with E-state index in [4.69, 9.17) is 4.74 Å². The van der Waals surface area contributed by atoms with Crippen LogP contribution in [0.1, 0.15) is 26.3 Å². The highest BCUT2D eigenvalue weighted by molar-refractivity contribution is 6.08. The predicted molar refractivity (Wildman–Crippen MR) is 126 cm³/mol. The first-order valence-corrected chi connectivity index (χ1v) is 10.2. The second kappa shape index (κ2) is 8.89. The Hall–Kier alpha value is -4.19. The van der Waals surface area contributed by atoms with Crippen molar-refractivity contribution in [3.63, 3.8) is 0 Å². The number of nitrogens with one attached hydrogen (secondary N) is 2. The van der Waals surface area contributed by atoms with E-state index >= 15 is 0 Å². The average Bonchev–Trinajstić information content (AvgIpc) is 2.83. The second-order valence-electron chi connectivity index (χ2n) is 7.37. The predicted octanol–water partition coefficient (Wildman–Crippen LogP) is 5.10. The summed E-state index contributed by atoms with van der Waals surface area (Å²) in [5, 5.41) is 6.90. The Labute approximate surface area is 186 Å². The number of aromatic nitrogens is 1. The van der Waals surface area contributed by atoms with Gasteiger partial charge in [0.2, 0.25) is 0 Å². The minimum atomic E-state index is -0.360. The van der Waals surface area contributed by atoms with Gasteiger partial charge >= 0.3 is 5.97 Å². The molecule has 0 bridgehead atoms. The van der Waals surface area contributed by atoms with Gasteiger partial charge in [-0.3, -0.25) is 9.78 Å². The molecule has 0 aliphatic rings. The lowest BCUT2D eigenvalue weighted by Gasteiger charge is -2.15. The van der Waals surface area contributed by atoms with Gasteiger partial charge in [0.25, 0.3) is 5.91 Å². The quantitative estimate of drug-likeness (QED) is 0.435. The molecule has 0 saturated heterocycles. The molecule has 0 atom stereocenters. The average molecular weight is 425 g/mol. The van der Waals surface area contributed by atoms with E-state index < -0.39 is 0 Å². The van der Waals surface area contributed by atoms with Gasteiger partial charge < -0.3 is 15.4 Å². The number of esters is 1. The zero-order chi connectivity index (χ0) is 22.7. The number of para-hydroxylation sites is 1. The lowest BCUT2D eigenvalue weighted by atomic mass is 9.97. The normalized spacial score (nSPS) is 10.6. The second-order valence-corrected chi connectivity index (χ2v) is 7.37. The molecule has 0 radical (unpaired) electrons. The topological polar surface area (TPSA) is 80.3 Å². The summed E-state index contributed by atoms with van der Waals surface area (Å²) >= 11 is 0. The maximum atomic E-state index is 12.6. The van der Waals surface area contributed by atoms with E-state index in [9.17, 15) is 9.59 Å². The van der Waals surface area contributed by atoms with Gasteiger partial charge in [-0.15, -0.1) is 0 Å². The Bertz CT molecular complexity index is 1320. The fourth-order valence-electron chi connectivity index (χ4n) is 3.66. The zero-order valence-electron chi connectivity index (χ0n) is 18.1. The molecule has 0 fully saturated rings. The molecule has 1 heterocycles. The molecule has 2 N–H and O–H groups in total. The molecule has 0 aliphatic carbocycles. The third-order valence-electron chi connectivity index (χ3n) is 5.35. The van der Waals surface area contributed by atoms with E-state index in [0.29, 0.717) is 16.8 Å². The number of fused-ring (bicyclic) bond motifs is 1. The molecule has 6 heteroatoms. The van der Waals surface area contributed by atoms with Crippen LogP contribution < -0.4 is 10.6 Å². The highest BCUT2D eigenvalue weighted by atomic mass is 16.5. The standard InChI is InChI=1S/C26H23N3O3/c1-16-13-17(9-11-20(16)26(31)32-3)18-10-12-23-21(14-18)24(22(15-28-23)25(30)27-2)29-19-7-5-4-6-8-19/h4-15H,1-3H3,(H,27,30)(H,28,29). The van der Waals surface area contributed by atoms with E-state index in [0.717, 1.165) is 33.3 Å². The van der Waals surface area contributed by atoms with Crippen LogP contribution in [0.15, 0.2) is 72.9 Å².